The van der Waals surface area contributed by atoms with Crippen LogP contribution in [0.1, 0.15) is 13.8 Å². The van der Waals surface area contributed by atoms with Crippen molar-refractivity contribution in [3.63, 3.8) is 0 Å². The van der Waals surface area contributed by atoms with Crippen LogP contribution in [0.5, 0.6) is 0 Å². The largest absolute Gasteiger partial charge is 0.332 e. The first-order valence-corrected chi connectivity index (χ1v) is 6.27. The summed E-state index contributed by atoms with van der Waals surface area (Å²) in [7, 11) is 3.38. The van der Waals surface area contributed by atoms with Gasteiger partial charge in [-0.05, 0) is 0 Å². The lowest BCUT2D eigenvalue weighted by atomic mass is 10.4. The van der Waals surface area contributed by atoms with Gasteiger partial charge in [0, 0.05) is 33.2 Å². The van der Waals surface area contributed by atoms with Gasteiger partial charge in [0.15, 0.2) is 11.2 Å². The maximum absolute atomic E-state index is 12.3. The van der Waals surface area contributed by atoms with E-state index in [0.717, 1.165) is 0 Å². The van der Waals surface area contributed by atoms with Gasteiger partial charge in [-0.15, -0.1) is 0 Å². The van der Waals surface area contributed by atoms with E-state index in [9.17, 15) is 9.59 Å². The molecular formula is C12H19N5O2. The van der Waals surface area contributed by atoms with Gasteiger partial charge in [-0.2, -0.15) is 0 Å². The molecule has 0 spiro atoms. The maximum Gasteiger partial charge on any atom is 0.332 e. The fourth-order valence-corrected chi connectivity index (χ4v) is 2.06. The van der Waals surface area contributed by atoms with Gasteiger partial charge < -0.3 is 9.88 Å². The summed E-state index contributed by atoms with van der Waals surface area (Å²) in [5.41, 5.74) is 0.252. The van der Waals surface area contributed by atoms with Crippen molar-refractivity contribution in [1.82, 2.24) is 24.0 Å². The lowest BCUT2D eigenvalue weighted by Gasteiger charge is -2.11. The summed E-state index contributed by atoms with van der Waals surface area (Å²) in [6, 6.07) is 0.319. The molecule has 0 radical (unpaired) electrons. The van der Waals surface area contributed by atoms with Gasteiger partial charge in [-0.3, -0.25) is 13.9 Å². The zero-order valence-corrected chi connectivity index (χ0v) is 11.7. The van der Waals surface area contributed by atoms with Gasteiger partial charge in [0.2, 0.25) is 0 Å². The van der Waals surface area contributed by atoms with E-state index in [0.29, 0.717) is 30.3 Å². The summed E-state index contributed by atoms with van der Waals surface area (Å²) >= 11 is 0. The fourth-order valence-electron chi connectivity index (χ4n) is 2.06. The molecule has 2 rings (SSSR count). The molecule has 0 atom stereocenters. The molecule has 0 saturated carbocycles. The van der Waals surface area contributed by atoms with E-state index in [-0.39, 0.29) is 11.2 Å². The second-order valence-corrected chi connectivity index (χ2v) is 4.93. The van der Waals surface area contributed by atoms with Crippen LogP contribution in [-0.4, -0.2) is 31.3 Å². The van der Waals surface area contributed by atoms with Crippen LogP contribution in [0.25, 0.3) is 11.2 Å². The first-order valence-electron chi connectivity index (χ1n) is 6.27. The Labute approximate surface area is 110 Å². The van der Waals surface area contributed by atoms with E-state index in [1.54, 1.807) is 25.0 Å². The SMILES string of the molecule is CC(C)NCCn1c(=O)c2c(ncn2C)n(C)c1=O. The van der Waals surface area contributed by atoms with Crippen LogP contribution < -0.4 is 16.6 Å². The van der Waals surface area contributed by atoms with Crippen molar-refractivity contribution in [2.75, 3.05) is 6.54 Å². The number of nitrogens with one attached hydrogen (secondary N) is 1. The van der Waals surface area contributed by atoms with E-state index in [1.807, 2.05) is 13.8 Å². The zero-order valence-electron chi connectivity index (χ0n) is 11.7. The molecule has 7 heteroatoms. The zero-order chi connectivity index (χ0) is 14.2. The number of hydrogen-bond donors (Lipinski definition) is 1. The monoisotopic (exact) mass is 265 g/mol. The molecule has 0 aliphatic heterocycles. The second kappa shape index (κ2) is 5.00. The highest BCUT2D eigenvalue weighted by atomic mass is 16.2. The first kappa shape index (κ1) is 13.5. The molecule has 0 saturated heterocycles. The average molecular weight is 265 g/mol. The highest BCUT2D eigenvalue weighted by Gasteiger charge is 2.14. The van der Waals surface area contributed by atoms with E-state index in [2.05, 4.69) is 10.3 Å². The number of fused-ring (bicyclic) bond motifs is 1. The maximum atomic E-state index is 12.3. The summed E-state index contributed by atoms with van der Waals surface area (Å²) < 4.78 is 4.30. The highest BCUT2D eigenvalue weighted by Crippen LogP contribution is 2.02. The number of rotatable bonds is 4. The van der Waals surface area contributed by atoms with Gasteiger partial charge >= 0.3 is 5.69 Å². The van der Waals surface area contributed by atoms with Crippen molar-refractivity contribution in [3.8, 4) is 0 Å². The minimum Gasteiger partial charge on any atom is -0.328 e. The van der Waals surface area contributed by atoms with E-state index in [1.165, 1.54) is 9.13 Å². The lowest BCUT2D eigenvalue weighted by molar-refractivity contribution is 0.515. The van der Waals surface area contributed by atoms with Crippen LogP contribution in [-0.2, 0) is 20.6 Å². The van der Waals surface area contributed by atoms with Crippen LogP contribution in [0.3, 0.4) is 0 Å². The predicted octanol–water partition coefficient (Wildman–Crippen LogP) is -0.568. The topological polar surface area (TPSA) is 73.8 Å². The molecule has 2 aromatic heterocycles. The molecule has 0 aliphatic carbocycles. The summed E-state index contributed by atoms with van der Waals surface area (Å²) in [6.45, 7) is 4.97. The normalized spacial score (nSPS) is 11.6. The highest BCUT2D eigenvalue weighted by molar-refractivity contribution is 5.69. The van der Waals surface area contributed by atoms with E-state index in [4.69, 9.17) is 0 Å². The van der Waals surface area contributed by atoms with E-state index < -0.39 is 0 Å². The van der Waals surface area contributed by atoms with Gasteiger partial charge in [-0.25, -0.2) is 9.78 Å². The predicted molar refractivity (Wildman–Crippen MR) is 73.4 cm³/mol. The molecule has 104 valence electrons. The third kappa shape index (κ3) is 2.33. The summed E-state index contributed by atoms with van der Waals surface area (Å²) in [5.74, 6) is 0. The molecule has 0 fully saturated rings. The average Bonchev–Trinajstić information content (AvgIpc) is 2.73. The molecular weight excluding hydrogens is 246 g/mol. The van der Waals surface area contributed by atoms with Gasteiger partial charge in [0.05, 0.1) is 6.33 Å². The van der Waals surface area contributed by atoms with Crippen LogP contribution in [0.15, 0.2) is 15.9 Å². The number of imidazole rings is 1. The lowest BCUT2D eigenvalue weighted by Crippen LogP contribution is -2.42. The molecule has 7 nitrogen and oxygen atoms in total. The Balaban J connectivity index is 2.52. The molecule has 1 N–H and O–H groups in total. The molecule has 2 heterocycles. The third-order valence-electron chi connectivity index (χ3n) is 3.09. The molecule has 0 aliphatic rings. The standard InChI is InChI=1S/C12H19N5O2/c1-8(2)13-5-6-17-11(18)9-10(14-7-15(9)3)16(4)12(17)19/h7-8,13H,5-6H2,1-4H3. The molecule has 0 amide bonds. The van der Waals surface area contributed by atoms with Gasteiger partial charge in [0.1, 0.15) is 0 Å². The quantitative estimate of drug-likeness (QED) is 0.803. The van der Waals surface area contributed by atoms with Crippen LogP contribution in [0, 0.1) is 0 Å². The Bertz CT molecular complexity index is 707. The van der Waals surface area contributed by atoms with Gasteiger partial charge in [0.25, 0.3) is 5.56 Å². The van der Waals surface area contributed by atoms with Crippen molar-refractivity contribution in [1.29, 1.82) is 0 Å². The van der Waals surface area contributed by atoms with Gasteiger partial charge in [-0.1, -0.05) is 13.8 Å². The van der Waals surface area contributed by atoms with Crippen molar-refractivity contribution in [2.24, 2.45) is 14.1 Å². The summed E-state index contributed by atoms with van der Waals surface area (Å²) in [4.78, 5) is 28.5. The van der Waals surface area contributed by atoms with Crippen LogP contribution >= 0.6 is 0 Å². The second-order valence-electron chi connectivity index (χ2n) is 4.93. The Morgan fingerprint density at radius 2 is 2.00 bits per heavy atom. The molecule has 0 aromatic carbocycles. The van der Waals surface area contributed by atoms with Crippen LogP contribution in [0.2, 0.25) is 0 Å². The smallest absolute Gasteiger partial charge is 0.328 e. The van der Waals surface area contributed by atoms with E-state index >= 15 is 0 Å². The minimum atomic E-state index is -0.332. The summed E-state index contributed by atoms with van der Waals surface area (Å²) in [5, 5.41) is 3.19. The third-order valence-corrected chi connectivity index (χ3v) is 3.09. The Hall–Kier alpha value is -1.89. The summed E-state index contributed by atoms with van der Waals surface area (Å²) in [6.07, 6.45) is 1.54. The first-order chi connectivity index (χ1) is 8.93. The molecule has 0 bridgehead atoms. The molecule has 19 heavy (non-hydrogen) atoms. The van der Waals surface area contributed by atoms with Crippen molar-refractivity contribution < 1.29 is 0 Å². The minimum absolute atomic E-state index is 0.288. The number of hydrogen-bond acceptors (Lipinski definition) is 4. The Morgan fingerprint density at radius 1 is 1.32 bits per heavy atom. The number of aromatic nitrogens is 4. The fraction of sp³-hybridized carbons (Fsp3) is 0.583. The van der Waals surface area contributed by atoms with Crippen molar-refractivity contribution in [2.45, 2.75) is 26.4 Å². The Kier molecular flexibility index (Phi) is 3.57. The number of aryl methyl sites for hydroxylation is 2. The van der Waals surface area contributed by atoms with Crippen molar-refractivity contribution >= 4 is 11.2 Å². The Morgan fingerprint density at radius 3 is 2.63 bits per heavy atom. The van der Waals surface area contributed by atoms with Crippen molar-refractivity contribution in [3.05, 3.63) is 27.2 Å². The molecule has 0 unspecified atom stereocenters. The van der Waals surface area contributed by atoms with Crippen LogP contribution in [0.4, 0.5) is 0 Å². The molecule has 2 aromatic rings. The number of nitrogens with zero attached hydrogens (tertiary/aromatic N) is 4.